The van der Waals surface area contributed by atoms with Gasteiger partial charge >= 0.3 is 0 Å². The number of aliphatic hydroxyl groups is 1. The molecular weight excluding hydrogens is 342 g/mol. The van der Waals surface area contributed by atoms with Crippen molar-refractivity contribution < 1.29 is 19.4 Å². The minimum Gasteiger partial charge on any atom is -0.496 e. The van der Waals surface area contributed by atoms with Gasteiger partial charge in [-0.3, -0.25) is 4.79 Å². The maximum atomic E-state index is 12.7. The molecule has 1 N–H and O–H groups in total. The molecule has 0 fully saturated rings. The number of hydrogen-bond donors (Lipinski definition) is 1. The molecule has 0 aromatic heterocycles. The average Bonchev–Trinajstić information content (AvgIpc) is 2.96. The Bertz CT molecular complexity index is 980. The predicted molar refractivity (Wildman–Crippen MR) is 104 cm³/mol. The Labute approximate surface area is 157 Å². The van der Waals surface area contributed by atoms with Gasteiger partial charge in [0.05, 0.1) is 38.7 Å². The lowest BCUT2D eigenvalue weighted by molar-refractivity contribution is 0.0310. The number of ether oxygens (including phenoxy) is 2. The van der Waals surface area contributed by atoms with E-state index in [4.69, 9.17) is 9.47 Å². The van der Waals surface area contributed by atoms with Crippen molar-refractivity contribution in [1.82, 2.24) is 0 Å². The fourth-order valence-electron chi connectivity index (χ4n) is 3.55. The summed E-state index contributed by atoms with van der Waals surface area (Å²) in [5.74, 6) is 0.675. The highest BCUT2D eigenvalue weighted by Gasteiger charge is 2.30. The van der Waals surface area contributed by atoms with Gasteiger partial charge in [0.25, 0.3) is 5.91 Å². The van der Waals surface area contributed by atoms with Crippen LogP contribution in [-0.4, -0.2) is 37.4 Å². The molecule has 1 aliphatic rings. The van der Waals surface area contributed by atoms with Gasteiger partial charge < -0.3 is 19.5 Å². The minimum absolute atomic E-state index is 0.0782. The van der Waals surface area contributed by atoms with Crippen LogP contribution in [0.2, 0.25) is 0 Å². The molecule has 3 aromatic carbocycles. The smallest absolute Gasteiger partial charge is 0.259 e. The molecule has 0 radical (unpaired) electrons. The lowest BCUT2D eigenvalue weighted by Crippen LogP contribution is -2.37. The molecule has 5 nitrogen and oxygen atoms in total. The minimum atomic E-state index is -0.784. The van der Waals surface area contributed by atoms with E-state index >= 15 is 0 Å². The highest BCUT2D eigenvalue weighted by molar-refractivity contribution is 6.25. The molecule has 1 atom stereocenters. The second-order valence-electron chi connectivity index (χ2n) is 6.58. The van der Waals surface area contributed by atoms with Crippen molar-refractivity contribution in [2.75, 3.05) is 25.2 Å². The molecular formula is C22H21NO4. The maximum absolute atomic E-state index is 12.7. The highest BCUT2D eigenvalue weighted by atomic mass is 16.5. The first-order valence-electron chi connectivity index (χ1n) is 8.90. The summed E-state index contributed by atoms with van der Waals surface area (Å²) in [5, 5.41) is 12.4. The van der Waals surface area contributed by atoms with E-state index in [0.29, 0.717) is 12.2 Å². The van der Waals surface area contributed by atoms with Gasteiger partial charge in [-0.15, -0.1) is 0 Å². The van der Waals surface area contributed by atoms with E-state index in [1.54, 1.807) is 12.0 Å². The molecule has 0 saturated carbocycles. The number of carbonyl (C=O) groups is 1. The third-order valence-electron chi connectivity index (χ3n) is 4.80. The van der Waals surface area contributed by atoms with Gasteiger partial charge in [-0.25, -0.2) is 0 Å². The van der Waals surface area contributed by atoms with E-state index in [2.05, 4.69) is 0 Å². The Morgan fingerprint density at radius 2 is 1.81 bits per heavy atom. The molecule has 0 saturated heterocycles. The molecule has 3 aromatic rings. The largest absolute Gasteiger partial charge is 0.496 e. The highest BCUT2D eigenvalue weighted by Crippen LogP contribution is 2.37. The monoisotopic (exact) mass is 363 g/mol. The molecule has 4 rings (SSSR count). The normalized spacial score (nSPS) is 14.0. The Morgan fingerprint density at radius 3 is 2.63 bits per heavy atom. The standard InChI is InChI=1S/C22H21NO4/c1-26-20-11-3-2-6-16(20)13-27-14-17(24)12-23-19-10-5-8-15-7-4-9-18(21(15)19)22(23)25/h2-11,17,24H,12-14H2,1H3/t17-/m1/s1. The van der Waals surface area contributed by atoms with E-state index < -0.39 is 6.10 Å². The van der Waals surface area contributed by atoms with Crippen molar-refractivity contribution in [2.24, 2.45) is 0 Å². The van der Waals surface area contributed by atoms with Crippen LogP contribution in [0.5, 0.6) is 5.75 Å². The quantitative estimate of drug-likeness (QED) is 0.699. The Hall–Kier alpha value is -2.89. The van der Waals surface area contributed by atoms with Crippen molar-refractivity contribution in [3.8, 4) is 5.75 Å². The molecule has 138 valence electrons. The summed E-state index contributed by atoms with van der Waals surface area (Å²) in [6.07, 6.45) is -0.784. The van der Waals surface area contributed by atoms with E-state index in [-0.39, 0.29) is 19.1 Å². The molecule has 0 bridgehead atoms. The second kappa shape index (κ2) is 7.39. The van der Waals surface area contributed by atoms with Crippen LogP contribution in [0.1, 0.15) is 15.9 Å². The number of aliphatic hydroxyl groups excluding tert-OH is 1. The molecule has 5 heteroatoms. The first-order chi connectivity index (χ1) is 13.2. The number of carbonyl (C=O) groups excluding carboxylic acids is 1. The summed E-state index contributed by atoms with van der Waals surface area (Å²) < 4.78 is 10.9. The molecule has 1 heterocycles. The van der Waals surface area contributed by atoms with Gasteiger partial charge in [-0.2, -0.15) is 0 Å². The zero-order chi connectivity index (χ0) is 18.8. The Morgan fingerprint density at radius 1 is 1.04 bits per heavy atom. The van der Waals surface area contributed by atoms with Crippen molar-refractivity contribution in [1.29, 1.82) is 0 Å². The fraction of sp³-hybridized carbons (Fsp3) is 0.227. The van der Waals surface area contributed by atoms with Gasteiger partial charge in [0.15, 0.2) is 0 Å². The van der Waals surface area contributed by atoms with Gasteiger partial charge in [-0.05, 0) is 23.6 Å². The topological polar surface area (TPSA) is 59.0 Å². The van der Waals surface area contributed by atoms with Crippen LogP contribution < -0.4 is 9.64 Å². The molecule has 1 amide bonds. The number of anilines is 1. The summed E-state index contributed by atoms with van der Waals surface area (Å²) in [6.45, 7) is 0.664. The summed E-state index contributed by atoms with van der Waals surface area (Å²) >= 11 is 0. The van der Waals surface area contributed by atoms with Crippen LogP contribution in [0, 0.1) is 0 Å². The van der Waals surface area contributed by atoms with Crippen molar-refractivity contribution >= 4 is 22.4 Å². The van der Waals surface area contributed by atoms with Crippen LogP contribution in [-0.2, 0) is 11.3 Å². The number of amides is 1. The van der Waals surface area contributed by atoms with E-state index in [1.807, 2.05) is 60.7 Å². The van der Waals surface area contributed by atoms with Crippen LogP contribution >= 0.6 is 0 Å². The van der Waals surface area contributed by atoms with Crippen molar-refractivity contribution in [2.45, 2.75) is 12.7 Å². The first kappa shape index (κ1) is 17.5. The third-order valence-corrected chi connectivity index (χ3v) is 4.80. The number of para-hydroxylation sites is 1. The van der Waals surface area contributed by atoms with Crippen molar-refractivity contribution in [3.63, 3.8) is 0 Å². The number of methoxy groups -OCH3 is 1. The zero-order valence-corrected chi connectivity index (χ0v) is 15.1. The van der Waals surface area contributed by atoms with E-state index in [9.17, 15) is 9.90 Å². The predicted octanol–water partition coefficient (Wildman–Crippen LogP) is 3.39. The molecule has 0 unspecified atom stereocenters. The number of rotatable bonds is 7. The fourth-order valence-corrected chi connectivity index (χ4v) is 3.55. The maximum Gasteiger partial charge on any atom is 0.259 e. The molecule has 0 aliphatic carbocycles. The summed E-state index contributed by atoms with van der Waals surface area (Å²) in [4.78, 5) is 14.4. The van der Waals surface area contributed by atoms with Crippen molar-refractivity contribution in [3.05, 3.63) is 71.8 Å². The third kappa shape index (κ3) is 3.27. The van der Waals surface area contributed by atoms with Gasteiger partial charge in [0, 0.05) is 16.5 Å². The number of β-amino-alcohol motifs (C(OH)–C–C–N with tert-alkyl or cyclic N) is 1. The van der Waals surface area contributed by atoms with Crippen LogP contribution in [0.15, 0.2) is 60.7 Å². The Balaban J connectivity index is 1.41. The number of benzene rings is 3. The van der Waals surface area contributed by atoms with Gasteiger partial charge in [0.2, 0.25) is 0 Å². The molecule has 0 spiro atoms. The number of nitrogens with zero attached hydrogens (tertiary/aromatic N) is 1. The summed E-state index contributed by atoms with van der Waals surface area (Å²) in [6, 6.07) is 19.2. The summed E-state index contributed by atoms with van der Waals surface area (Å²) in [5.41, 5.74) is 2.45. The average molecular weight is 363 g/mol. The first-order valence-corrected chi connectivity index (χ1v) is 8.90. The lowest BCUT2D eigenvalue weighted by Gasteiger charge is -2.21. The second-order valence-corrected chi connectivity index (χ2v) is 6.58. The SMILES string of the molecule is COc1ccccc1COC[C@H](O)CN1C(=O)c2cccc3cccc1c23. The summed E-state index contributed by atoms with van der Waals surface area (Å²) in [7, 11) is 1.62. The molecule has 1 aliphatic heterocycles. The van der Waals surface area contributed by atoms with Crippen LogP contribution in [0.25, 0.3) is 10.8 Å². The lowest BCUT2D eigenvalue weighted by atomic mass is 10.1. The van der Waals surface area contributed by atoms with Crippen LogP contribution in [0.3, 0.4) is 0 Å². The van der Waals surface area contributed by atoms with Gasteiger partial charge in [0.1, 0.15) is 5.75 Å². The molecule has 27 heavy (non-hydrogen) atoms. The number of hydrogen-bond acceptors (Lipinski definition) is 4. The Kier molecular flexibility index (Phi) is 4.79. The zero-order valence-electron chi connectivity index (χ0n) is 15.1. The van der Waals surface area contributed by atoms with Crippen LogP contribution in [0.4, 0.5) is 5.69 Å². The van der Waals surface area contributed by atoms with Gasteiger partial charge in [-0.1, -0.05) is 42.5 Å². The van der Waals surface area contributed by atoms with E-state index in [1.165, 1.54) is 0 Å². The van der Waals surface area contributed by atoms with E-state index in [0.717, 1.165) is 27.8 Å².